The molecule has 6 aromatic carbocycles. The van der Waals surface area contributed by atoms with E-state index in [9.17, 15) is 0 Å². The third-order valence-corrected chi connectivity index (χ3v) is 13.8. The second kappa shape index (κ2) is 23.5. The summed E-state index contributed by atoms with van der Waals surface area (Å²) in [4.78, 5) is 0. The van der Waals surface area contributed by atoms with E-state index in [4.69, 9.17) is 0 Å². The average molecular weight is 991 g/mol. The lowest BCUT2D eigenvalue weighted by atomic mass is 9.93. The second-order valence-electron chi connectivity index (χ2n) is 18.9. The lowest BCUT2D eigenvalue weighted by Gasteiger charge is -2.11. The van der Waals surface area contributed by atoms with Gasteiger partial charge in [-0.3, -0.25) is 0 Å². The van der Waals surface area contributed by atoms with Crippen LogP contribution in [0.3, 0.4) is 0 Å². The first-order valence-corrected chi connectivity index (χ1v) is 31.0. The summed E-state index contributed by atoms with van der Waals surface area (Å²) in [5, 5.41) is 0. The molecule has 0 aliphatic heterocycles. The van der Waals surface area contributed by atoms with Crippen molar-refractivity contribution in [1.82, 2.24) is 0 Å². The van der Waals surface area contributed by atoms with Crippen molar-refractivity contribution in [3.05, 3.63) is 229 Å². The van der Waals surface area contributed by atoms with Gasteiger partial charge in [0, 0.05) is 32.5 Å². The Morgan fingerprint density at radius 1 is 0.400 bits per heavy atom. The number of hydrogen-bond donors (Lipinski definition) is 0. The van der Waals surface area contributed by atoms with Crippen molar-refractivity contribution in [3.63, 3.8) is 0 Å². The van der Waals surface area contributed by atoms with Gasteiger partial charge in [0.2, 0.25) is 0 Å². The number of allylic oxidation sites excluding steroid dienone is 3. The normalized spacial score (nSPS) is 15.6. The highest BCUT2D eigenvalue weighted by molar-refractivity contribution is 14.1. The van der Waals surface area contributed by atoms with Crippen LogP contribution in [-0.4, -0.2) is 16.1 Å². The van der Waals surface area contributed by atoms with Gasteiger partial charge in [-0.2, -0.15) is 0 Å². The minimum absolute atomic E-state index is 0.509. The van der Waals surface area contributed by atoms with E-state index in [1.165, 1.54) is 53.6 Å². The predicted molar refractivity (Wildman–Crippen MR) is 297 cm³/mol. The molecular weight excluding hydrogens is 928 g/mol. The molecule has 0 heterocycles. The smallest absolute Gasteiger partial charge is 0.129 e. The number of halogens is 1. The van der Waals surface area contributed by atoms with Crippen molar-refractivity contribution < 1.29 is 0 Å². The maximum absolute atomic E-state index is 3.42. The molecule has 3 unspecified atom stereocenters. The molecule has 0 saturated heterocycles. The van der Waals surface area contributed by atoms with E-state index in [2.05, 4.69) is 279 Å². The molecular formula is C62H63ISi2. The number of hydrogen-bond acceptors (Lipinski definition) is 0. The summed E-state index contributed by atoms with van der Waals surface area (Å²) in [6, 6.07) is 52.2. The van der Waals surface area contributed by atoms with Gasteiger partial charge in [-0.05, 0) is 142 Å². The molecule has 3 heteroatoms. The molecule has 326 valence electrons. The van der Waals surface area contributed by atoms with Crippen molar-refractivity contribution in [2.45, 2.75) is 90.1 Å². The molecule has 0 amide bonds. The van der Waals surface area contributed by atoms with E-state index in [0.717, 1.165) is 30.4 Å². The Morgan fingerprint density at radius 3 is 1.06 bits per heavy atom. The van der Waals surface area contributed by atoms with Crippen LogP contribution in [0.25, 0.3) is 18.2 Å². The van der Waals surface area contributed by atoms with Crippen LogP contribution < -0.4 is 0 Å². The van der Waals surface area contributed by atoms with E-state index in [-0.39, 0.29) is 0 Å². The third kappa shape index (κ3) is 15.5. The lowest BCUT2D eigenvalue weighted by Crippen LogP contribution is -2.16. The predicted octanol–water partition coefficient (Wildman–Crippen LogP) is 16.2. The first kappa shape index (κ1) is 48.8. The summed E-state index contributed by atoms with van der Waals surface area (Å²) < 4.78 is 1.30. The highest BCUT2D eigenvalue weighted by atomic mass is 127. The number of benzene rings is 6. The maximum atomic E-state index is 3.42. The van der Waals surface area contributed by atoms with Gasteiger partial charge in [0.15, 0.2) is 0 Å². The summed E-state index contributed by atoms with van der Waals surface area (Å²) in [5.41, 5.74) is 21.4. The maximum Gasteiger partial charge on any atom is 0.129 e. The quantitative estimate of drug-likeness (QED) is 0.0886. The van der Waals surface area contributed by atoms with E-state index in [1.807, 2.05) is 13.8 Å². The Morgan fingerprint density at radius 2 is 0.738 bits per heavy atom. The summed E-state index contributed by atoms with van der Waals surface area (Å²) in [7, 11) is -2.31. The van der Waals surface area contributed by atoms with Gasteiger partial charge >= 0.3 is 0 Å². The summed E-state index contributed by atoms with van der Waals surface area (Å²) >= 11 is 2.35. The molecule has 0 aromatic heterocycles. The average Bonchev–Trinajstić information content (AvgIpc) is 4.02. The van der Waals surface area contributed by atoms with Gasteiger partial charge in [0.25, 0.3) is 0 Å². The van der Waals surface area contributed by atoms with Crippen molar-refractivity contribution in [1.29, 1.82) is 0 Å². The van der Waals surface area contributed by atoms with E-state index in [1.54, 1.807) is 0 Å². The molecule has 0 bridgehead atoms. The molecule has 9 rings (SSSR count). The van der Waals surface area contributed by atoms with E-state index < -0.39 is 16.1 Å². The number of rotatable bonds is 6. The largest absolute Gasteiger partial charge is 0.132 e. The molecule has 0 saturated carbocycles. The van der Waals surface area contributed by atoms with Gasteiger partial charge in [0.05, 0.1) is 0 Å². The second-order valence-corrected chi connectivity index (χ2v) is 29.7. The van der Waals surface area contributed by atoms with Crippen LogP contribution in [0.5, 0.6) is 0 Å². The topological polar surface area (TPSA) is 0 Å². The van der Waals surface area contributed by atoms with Gasteiger partial charge in [0.1, 0.15) is 16.1 Å². The summed E-state index contributed by atoms with van der Waals surface area (Å²) in [6.45, 7) is 17.3. The molecule has 0 nitrogen and oxygen atoms in total. The number of fused-ring (bicyclic) bond motifs is 3. The highest BCUT2D eigenvalue weighted by Crippen LogP contribution is 2.34. The van der Waals surface area contributed by atoms with Gasteiger partial charge < -0.3 is 0 Å². The monoisotopic (exact) mass is 990 g/mol. The SMILES string of the molecule is CC#C[Si](C)(C)C.CC#Cc1ccc(CC2C=Cc3ccccc32)cc1.C[Si](C)(C)C#Cc1ccc(CC2C=Cc3ccccc32)cc1.Ic1ccc(CC2C=Cc3ccccc32)cc1. The zero-order valence-electron chi connectivity index (χ0n) is 39.6. The fourth-order valence-electron chi connectivity index (χ4n) is 8.12. The first-order chi connectivity index (χ1) is 31.3. The summed E-state index contributed by atoms with van der Waals surface area (Å²) in [6.07, 6.45) is 16.9. The molecule has 65 heavy (non-hydrogen) atoms. The zero-order chi connectivity index (χ0) is 46.2. The molecule has 3 atom stereocenters. The fourth-order valence-corrected chi connectivity index (χ4v) is 9.74. The van der Waals surface area contributed by atoms with Crippen LogP contribution in [-0.2, 0) is 19.3 Å². The van der Waals surface area contributed by atoms with E-state index in [0.29, 0.717) is 17.8 Å². The van der Waals surface area contributed by atoms with Crippen LogP contribution in [0.2, 0.25) is 39.3 Å². The molecule has 0 N–H and O–H groups in total. The Labute approximate surface area is 407 Å². The van der Waals surface area contributed by atoms with Crippen LogP contribution in [0.15, 0.2) is 164 Å². The van der Waals surface area contributed by atoms with E-state index >= 15 is 0 Å². The molecule has 6 aromatic rings. The molecule has 3 aliphatic carbocycles. The van der Waals surface area contributed by atoms with Crippen LogP contribution in [0, 0.1) is 38.3 Å². The molecule has 3 aliphatic rings. The van der Waals surface area contributed by atoms with Crippen molar-refractivity contribution in [3.8, 4) is 34.8 Å². The highest BCUT2D eigenvalue weighted by Gasteiger charge is 2.19. The van der Waals surface area contributed by atoms with Gasteiger partial charge in [-0.1, -0.05) is 197 Å². The van der Waals surface area contributed by atoms with Crippen LogP contribution in [0.4, 0.5) is 0 Å². The Hall–Kier alpha value is -5.62. The molecule has 0 radical (unpaired) electrons. The third-order valence-electron chi connectivity index (χ3n) is 11.2. The Balaban J connectivity index is 0.000000151. The van der Waals surface area contributed by atoms with Crippen molar-refractivity contribution in [2.75, 3.05) is 0 Å². The summed E-state index contributed by atoms with van der Waals surface area (Å²) in [5.74, 6) is 13.8. The molecule has 0 fully saturated rings. The standard InChI is InChI=1S/C21H22Si.C19H16.C16H13I.C6H12Si/c1-22(2,3)15-14-17-8-10-18(11-9-17)16-20-13-12-19-6-4-5-7-21(19)20;1-2-5-15-8-10-16(11-9-15)14-18-13-12-17-6-3-4-7-19(17)18;17-15-9-5-12(6-10-15)11-14-8-7-13-3-1-2-4-16(13)14;1-5-6-7(2,3)4/h4-13,20H,16H2,1-3H3;3-4,6-13,18H,14H2,1H3;1-10,14H,11H2;1-4H3. The molecule has 0 spiro atoms. The Kier molecular flexibility index (Phi) is 17.7. The van der Waals surface area contributed by atoms with Gasteiger partial charge in [-0.15, -0.1) is 22.9 Å². The van der Waals surface area contributed by atoms with Crippen molar-refractivity contribution in [2.24, 2.45) is 0 Å². The van der Waals surface area contributed by atoms with Crippen LogP contribution in [0.1, 0.15) is 92.8 Å². The minimum atomic E-state index is -1.29. The van der Waals surface area contributed by atoms with Gasteiger partial charge in [-0.25, -0.2) is 0 Å². The fraction of sp³-hybridized carbons (Fsp3) is 0.226. The van der Waals surface area contributed by atoms with Crippen LogP contribution >= 0.6 is 22.6 Å². The minimum Gasteiger partial charge on any atom is -0.132 e. The lowest BCUT2D eigenvalue weighted by molar-refractivity contribution is 0.850. The van der Waals surface area contributed by atoms with Crippen molar-refractivity contribution >= 4 is 57.0 Å². The first-order valence-electron chi connectivity index (χ1n) is 22.9. The Bertz CT molecular complexity index is 2790. The zero-order valence-corrected chi connectivity index (χ0v) is 43.7.